The van der Waals surface area contributed by atoms with Crippen molar-refractivity contribution in [2.45, 2.75) is 84.5 Å². The Morgan fingerprint density at radius 1 is 0.867 bits per heavy atom. The van der Waals surface area contributed by atoms with Crippen LogP contribution < -0.4 is 32.3 Å². The molecule has 0 aromatic carbocycles. The van der Waals surface area contributed by atoms with Crippen LogP contribution in [0.4, 0.5) is 0 Å². The maximum Gasteiger partial charge on any atom is 0.243 e. The van der Waals surface area contributed by atoms with Crippen LogP contribution in [0.3, 0.4) is 0 Å². The Hall–Kier alpha value is -2.78. The molecule has 0 saturated heterocycles. The smallest absolute Gasteiger partial charge is 0.243 e. The lowest BCUT2D eigenvalue weighted by Crippen LogP contribution is -2.56. The SMILES string of the molecule is C=C(N)NCCC[C@H](NC(=O)[C@H](C)NC(C)=O)C(=O)N[C@@H](C)C(=O)NC(CC)CC. The highest BCUT2D eigenvalue weighted by Gasteiger charge is 2.26. The van der Waals surface area contributed by atoms with E-state index in [1.807, 2.05) is 13.8 Å². The number of nitrogens with one attached hydrogen (secondary N) is 5. The summed E-state index contributed by atoms with van der Waals surface area (Å²) < 4.78 is 0. The number of nitrogens with two attached hydrogens (primary N) is 1. The van der Waals surface area contributed by atoms with Crippen LogP contribution >= 0.6 is 0 Å². The topological polar surface area (TPSA) is 154 Å². The maximum absolute atomic E-state index is 12.7. The lowest BCUT2D eigenvalue weighted by Gasteiger charge is -2.24. The molecule has 0 spiro atoms. The van der Waals surface area contributed by atoms with Gasteiger partial charge in [0.1, 0.15) is 18.1 Å². The van der Waals surface area contributed by atoms with Crippen LogP contribution in [0, 0.1) is 0 Å². The summed E-state index contributed by atoms with van der Waals surface area (Å²) in [6.07, 6.45) is 2.42. The molecule has 0 saturated carbocycles. The molecule has 10 heteroatoms. The fraction of sp³-hybridized carbons (Fsp3) is 0.700. The van der Waals surface area contributed by atoms with Gasteiger partial charge in [-0.1, -0.05) is 20.4 Å². The second-order valence-corrected chi connectivity index (χ2v) is 7.33. The molecule has 0 heterocycles. The third kappa shape index (κ3) is 11.3. The van der Waals surface area contributed by atoms with E-state index in [-0.39, 0.29) is 17.9 Å². The van der Waals surface area contributed by atoms with Gasteiger partial charge in [-0.05, 0) is 39.5 Å². The van der Waals surface area contributed by atoms with Crippen LogP contribution in [-0.4, -0.2) is 54.3 Å². The third-order valence-corrected chi connectivity index (χ3v) is 4.55. The third-order valence-electron chi connectivity index (χ3n) is 4.55. The van der Waals surface area contributed by atoms with Gasteiger partial charge >= 0.3 is 0 Å². The highest BCUT2D eigenvalue weighted by Crippen LogP contribution is 2.01. The molecule has 0 aliphatic heterocycles. The van der Waals surface area contributed by atoms with E-state index < -0.39 is 29.9 Å². The van der Waals surface area contributed by atoms with Crippen LogP contribution in [0.25, 0.3) is 0 Å². The van der Waals surface area contributed by atoms with Gasteiger partial charge in [0.2, 0.25) is 23.6 Å². The molecule has 0 aliphatic carbocycles. The Bertz CT molecular complexity index is 606. The van der Waals surface area contributed by atoms with Crippen molar-refractivity contribution in [2.75, 3.05) is 6.54 Å². The molecule has 0 bridgehead atoms. The predicted octanol–water partition coefficient (Wildman–Crippen LogP) is -0.395. The van der Waals surface area contributed by atoms with Gasteiger partial charge in [-0.15, -0.1) is 0 Å². The van der Waals surface area contributed by atoms with E-state index in [1.54, 1.807) is 6.92 Å². The molecule has 4 amide bonds. The van der Waals surface area contributed by atoms with Crippen LogP contribution in [0.1, 0.15) is 60.3 Å². The first-order chi connectivity index (χ1) is 14.0. The zero-order valence-corrected chi connectivity index (χ0v) is 18.8. The van der Waals surface area contributed by atoms with E-state index in [4.69, 9.17) is 5.73 Å². The lowest BCUT2D eigenvalue weighted by atomic mass is 10.1. The normalized spacial score (nSPS) is 13.5. The molecule has 7 N–H and O–H groups in total. The van der Waals surface area contributed by atoms with E-state index in [1.165, 1.54) is 13.8 Å². The summed E-state index contributed by atoms with van der Waals surface area (Å²) in [6, 6.07) is -2.38. The molecule has 0 fully saturated rings. The molecule has 0 rings (SSSR count). The first-order valence-electron chi connectivity index (χ1n) is 10.4. The molecule has 0 aromatic rings. The first-order valence-corrected chi connectivity index (χ1v) is 10.4. The van der Waals surface area contributed by atoms with Crippen molar-refractivity contribution in [3.8, 4) is 0 Å². The quantitative estimate of drug-likeness (QED) is 0.208. The second-order valence-electron chi connectivity index (χ2n) is 7.33. The minimum atomic E-state index is -0.870. The van der Waals surface area contributed by atoms with Crippen molar-refractivity contribution < 1.29 is 19.2 Å². The molecule has 172 valence electrons. The van der Waals surface area contributed by atoms with E-state index in [0.29, 0.717) is 25.2 Å². The van der Waals surface area contributed by atoms with E-state index in [2.05, 4.69) is 33.2 Å². The highest BCUT2D eigenvalue weighted by atomic mass is 16.2. The zero-order valence-electron chi connectivity index (χ0n) is 18.8. The van der Waals surface area contributed by atoms with Crippen molar-refractivity contribution in [3.05, 3.63) is 12.4 Å². The summed E-state index contributed by atoms with van der Waals surface area (Å²) >= 11 is 0. The van der Waals surface area contributed by atoms with Crippen molar-refractivity contribution in [3.63, 3.8) is 0 Å². The molecule has 0 aromatic heterocycles. The van der Waals surface area contributed by atoms with Crippen LogP contribution in [-0.2, 0) is 19.2 Å². The number of carbonyl (C=O) groups is 4. The van der Waals surface area contributed by atoms with Gasteiger partial charge in [0, 0.05) is 19.5 Å². The number of hydrogen-bond acceptors (Lipinski definition) is 6. The number of carbonyl (C=O) groups excluding carboxylic acids is 4. The average molecular weight is 427 g/mol. The molecule has 3 atom stereocenters. The van der Waals surface area contributed by atoms with E-state index in [0.717, 1.165) is 12.8 Å². The summed E-state index contributed by atoms with van der Waals surface area (Å²) in [5, 5.41) is 13.5. The Morgan fingerprint density at radius 2 is 1.40 bits per heavy atom. The van der Waals surface area contributed by atoms with Crippen LogP contribution in [0.15, 0.2) is 12.4 Å². The van der Waals surface area contributed by atoms with E-state index >= 15 is 0 Å². The molecule has 0 aliphatic rings. The van der Waals surface area contributed by atoms with E-state index in [9.17, 15) is 19.2 Å². The molecule has 0 unspecified atom stereocenters. The fourth-order valence-corrected chi connectivity index (χ4v) is 2.69. The Morgan fingerprint density at radius 3 is 1.90 bits per heavy atom. The van der Waals surface area contributed by atoms with Gasteiger partial charge in [-0.3, -0.25) is 19.2 Å². The standard InChI is InChI=1S/C20H38N6O4/c1-7-16(8-2)25-18(28)13(4)24-20(30)17(10-9-11-22-14(5)21)26-19(29)12(3)23-15(6)27/h12-13,16-17,22H,5,7-11,21H2,1-4,6H3,(H,23,27)(H,24,30)(H,25,28)(H,26,29)/t12-,13-,17-/m0/s1. The maximum atomic E-state index is 12.7. The van der Waals surface area contributed by atoms with Gasteiger partial charge in [0.05, 0.1) is 5.82 Å². The molecular weight excluding hydrogens is 388 g/mol. The Labute approximate surface area is 179 Å². The summed E-state index contributed by atoms with van der Waals surface area (Å²) in [6.45, 7) is 12.4. The minimum absolute atomic E-state index is 0.0429. The second kappa shape index (κ2) is 14.2. The van der Waals surface area contributed by atoms with Gasteiger partial charge in [-0.2, -0.15) is 0 Å². The van der Waals surface area contributed by atoms with Crippen molar-refractivity contribution in [1.82, 2.24) is 26.6 Å². The minimum Gasteiger partial charge on any atom is -0.386 e. The van der Waals surface area contributed by atoms with Crippen molar-refractivity contribution >= 4 is 23.6 Å². The van der Waals surface area contributed by atoms with Gasteiger partial charge in [0.25, 0.3) is 0 Å². The number of amides is 4. The van der Waals surface area contributed by atoms with Gasteiger partial charge < -0.3 is 32.3 Å². The molecule has 0 radical (unpaired) electrons. The van der Waals surface area contributed by atoms with Gasteiger partial charge in [-0.25, -0.2) is 0 Å². The van der Waals surface area contributed by atoms with Gasteiger partial charge in [0.15, 0.2) is 0 Å². The molecular formula is C20H38N6O4. The lowest BCUT2D eigenvalue weighted by molar-refractivity contribution is -0.133. The molecule has 30 heavy (non-hydrogen) atoms. The summed E-state index contributed by atoms with van der Waals surface area (Å²) in [5.41, 5.74) is 5.46. The summed E-state index contributed by atoms with van der Waals surface area (Å²) in [5.74, 6) is -1.29. The van der Waals surface area contributed by atoms with Crippen molar-refractivity contribution in [2.24, 2.45) is 5.73 Å². The van der Waals surface area contributed by atoms with Crippen LogP contribution in [0.5, 0.6) is 0 Å². The average Bonchev–Trinajstić information content (AvgIpc) is 2.66. The number of hydrogen-bond donors (Lipinski definition) is 6. The predicted molar refractivity (Wildman–Crippen MR) is 116 cm³/mol. The Kier molecular flexibility index (Phi) is 12.9. The Balaban J connectivity index is 5.01. The fourth-order valence-electron chi connectivity index (χ4n) is 2.69. The first kappa shape index (κ1) is 27.2. The van der Waals surface area contributed by atoms with Crippen molar-refractivity contribution in [1.29, 1.82) is 0 Å². The monoisotopic (exact) mass is 426 g/mol. The van der Waals surface area contributed by atoms with Crippen LogP contribution in [0.2, 0.25) is 0 Å². The molecule has 10 nitrogen and oxygen atoms in total. The zero-order chi connectivity index (χ0) is 23.3. The summed E-state index contributed by atoms with van der Waals surface area (Å²) in [4.78, 5) is 48.6. The largest absolute Gasteiger partial charge is 0.386 e. The summed E-state index contributed by atoms with van der Waals surface area (Å²) in [7, 11) is 0. The highest BCUT2D eigenvalue weighted by molar-refractivity contribution is 5.93. The number of rotatable bonds is 14.